The minimum Gasteiger partial charge on any atom is -0.149 e. The molecule has 0 N–H and O–H groups in total. The Morgan fingerprint density at radius 2 is 2.14 bits per heavy atom. The highest BCUT2D eigenvalue weighted by atomic mass is 35.5. The molecule has 1 aliphatic rings. The van der Waals surface area contributed by atoms with Crippen LogP contribution in [0, 0.1) is 5.92 Å². The Morgan fingerprint density at radius 1 is 1.36 bits per heavy atom. The number of halogens is 1. The van der Waals surface area contributed by atoms with Crippen LogP contribution < -0.4 is 0 Å². The monoisotopic (exact) mass is 228 g/mol. The van der Waals surface area contributed by atoms with Gasteiger partial charge in [0.2, 0.25) is 0 Å². The van der Waals surface area contributed by atoms with Gasteiger partial charge in [-0.25, -0.2) is 0 Å². The van der Waals surface area contributed by atoms with Crippen LogP contribution in [0.5, 0.6) is 0 Å². The van der Waals surface area contributed by atoms with Crippen LogP contribution >= 0.6 is 22.9 Å². The number of hydrogen-bond donors (Lipinski definition) is 0. The Labute approximate surface area is 95.3 Å². The lowest BCUT2D eigenvalue weighted by Crippen LogP contribution is -2.19. The maximum absolute atomic E-state index is 6.46. The normalized spacial score (nSPS) is 20.9. The minimum absolute atomic E-state index is 0.369. The molecule has 1 atom stereocenters. The molecule has 2 rings (SSSR count). The van der Waals surface area contributed by atoms with E-state index in [0.29, 0.717) is 5.38 Å². The first-order valence-electron chi connectivity index (χ1n) is 5.53. The summed E-state index contributed by atoms with van der Waals surface area (Å²) in [4.78, 5) is 1.44. The van der Waals surface area contributed by atoms with Gasteiger partial charge >= 0.3 is 0 Å². The van der Waals surface area contributed by atoms with Crippen molar-refractivity contribution in [3.8, 4) is 0 Å². The Kier molecular flexibility index (Phi) is 3.89. The summed E-state index contributed by atoms with van der Waals surface area (Å²) in [6.45, 7) is 0. The maximum atomic E-state index is 6.46. The summed E-state index contributed by atoms with van der Waals surface area (Å²) in [6.07, 6.45) is 7.96. The lowest BCUT2D eigenvalue weighted by atomic mass is 9.85. The SMILES string of the molecule is ClC(Cc1cccs1)C1CCCCC1. The van der Waals surface area contributed by atoms with Crippen molar-refractivity contribution in [2.24, 2.45) is 5.92 Å². The molecular formula is C12H17ClS. The smallest absolute Gasteiger partial charge is 0.0412 e. The molecule has 0 bridgehead atoms. The minimum atomic E-state index is 0.369. The summed E-state index contributed by atoms with van der Waals surface area (Å²) in [5.74, 6) is 0.771. The van der Waals surface area contributed by atoms with Crippen LogP contribution in [0.4, 0.5) is 0 Å². The highest BCUT2D eigenvalue weighted by Crippen LogP contribution is 2.31. The Morgan fingerprint density at radius 3 is 2.79 bits per heavy atom. The fraction of sp³-hybridized carbons (Fsp3) is 0.667. The molecular weight excluding hydrogens is 212 g/mol. The lowest BCUT2D eigenvalue weighted by Gasteiger charge is -2.25. The van der Waals surface area contributed by atoms with Gasteiger partial charge in [0.1, 0.15) is 0 Å². The molecule has 0 saturated heterocycles. The highest BCUT2D eigenvalue weighted by molar-refractivity contribution is 7.09. The van der Waals surface area contributed by atoms with E-state index in [2.05, 4.69) is 17.5 Å². The largest absolute Gasteiger partial charge is 0.149 e. The van der Waals surface area contributed by atoms with Crippen LogP contribution in [0.3, 0.4) is 0 Å². The van der Waals surface area contributed by atoms with Crippen molar-refractivity contribution >= 4 is 22.9 Å². The molecule has 1 saturated carbocycles. The molecule has 78 valence electrons. The summed E-state index contributed by atoms with van der Waals surface area (Å²) >= 11 is 8.29. The van der Waals surface area contributed by atoms with Gasteiger partial charge in [-0.05, 0) is 36.6 Å². The fourth-order valence-electron chi connectivity index (χ4n) is 2.28. The summed E-state index contributed by atoms with van der Waals surface area (Å²) < 4.78 is 0. The Balaban J connectivity index is 1.85. The topological polar surface area (TPSA) is 0 Å². The standard InChI is InChI=1S/C12H17ClS/c13-12(9-11-7-4-8-14-11)10-5-2-1-3-6-10/h4,7-8,10,12H,1-3,5-6,9H2. The molecule has 0 nitrogen and oxygen atoms in total. The lowest BCUT2D eigenvalue weighted by molar-refractivity contribution is 0.345. The molecule has 0 aromatic carbocycles. The molecule has 14 heavy (non-hydrogen) atoms. The Bertz CT molecular complexity index is 249. The number of alkyl halides is 1. The molecule has 1 aromatic heterocycles. The van der Waals surface area contributed by atoms with Gasteiger partial charge in [-0.3, -0.25) is 0 Å². The Hall–Kier alpha value is -0.0100. The van der Waals surface area contributed by atoms with Crippen LogP contribution in [-0.4, -0.2) is 5.38 Å². The van der Waals surface area contributed by atoms with Gasteiger partial charge in [0, 0.05) is 10.3 Å². The van der Waals surface area contributed by atoms with Crippen LogP contribution in [-0.2, 0) is 6.42 Å². The second-order valence-corrected chi connectivity index (χ2v) is 5.79. The maximum Gasteiger partial charge on any atom is 0.0412 e. The van der Waals surface area contributed by atoms with Crippen molar-refractivity contribution in [3.63, 3.8) is 0 Å². The van der Waals surface area contributed by atoms with Gasteiger partial charge in [0.15, 0.2) is 0 Å². The summed E-state index contributed by atoms with van der Waals surface area (Å²) in [5, 5.41) is 2.51. The zero-order valence-corrected chi connectivity index (χ0v) is 9.99. The van der Waals surface area contributed by atoms with E-state index >= 15 is 0 Å². The van der Waals surface area contributed by atoms with E-state index in [0.717, 1.165) is 12.3 Å². The van der Waals surface area contributed by atoms with E-state index in [-0.39, 0.29) is 0 Å². The van der Waals surface area contributed by atoms with Crippen molar-refractivity contribution in [2.45, 2.75) is 43.9 Å². The third-order valence-corrected chi connectivity index (χ3v) is 4.55. The second-order valence-electron chi connectivity index (χ2n) is 4.20. The van der Waals surface area contributed by atoms with E-state index in [4.69, 9.17) is 11.6 Å². The average Bonchev–Trinajstić information content (AvgIpc) is 2.72. The molecule has 0 aliphatic heterocycles. The van der Waals surface area contributed by atoms with E-state index in [1.165, 1.54) is 37.0 Å². The van der Waals surface area contributed by atoms with Gasteiger partial charge in [0.25, 0.3) is 0 Å². The third-order valence-electron chi connectivity index (χ3n) is 3.14. The molecule has 1 aromatic rings. The first-order chi connectivity index (χ1) is 6.86. The highest BCUT2D eigenvalue weighted by Gasteiger charge is 2.21. The average molecular weight is 229 g/mol. The molecule has 0 radical (unpaired) electrons. The molecule has 1 heterocycles. The number of rotatable bonds is 3. The van der Waals surface area contributed by atoms with E-state index < -0.39 is 0 Å². The molecule has 1 fully saturated rings. The first-order valence-corrected chi connectivity index (χ1v) is 6.84. The van der Waals surface area contributed by atoms with Crippen molar-refractivity contribution in [3.05, 3.63) is 22.4 Å². The third kappa shape index (κ3) is 2.74. The predicted molar refractivity (Wildman–Crippen MR) is 64.2 cm³/mol. The molecule has 2 heteroatoms. The van der Waals surface area contributed by atoms with Crippen molar-refractivity contribution < 1.29 is 0 Å². The van der Waals surface area contributed by atoms with Crippen LogP contribution in [0.25, 0.3) is 0 Å². The van der Waals surface area contributed by atoms with Gasteiger partial charge < -0.3 is 0 Å². The van der Waals surface area contributed by atoms with Crippen molar-refractivity contribution in [2.75, 3.05) is 0 Å². The van der Waals surface area contributed by atoms with Gasteiger partial charge in [-0.2, -0.15) is 0 Å². The quantitative estimate of drug-likeness (QED) is 0.670. The summed E-state index contributed by atoms with van der Waals surface area (Å²) in [6, 6.07) is 4.31. The van der Waals surface area contributed by atoms with Crippen molar-refractivity contribution in [1.29, 1.82) is 0 Å². The van der Waals surface area contributed by atoms with Gasteiger partial charge in [-0.15, -0.1) is 22.9 Å². The fourth-order valence-corrected chi connectivity index (χ4v) is 3.56. The van der Waals surface area contributed by atoms with E-state index in [1.54, 1.807) is 0 Å². The van der Waals surface area contributed by atoms with Crippen LogP contribution in [0.2, 0.25) is 0 Å². The van der Waals surface area contributed by atoms with Crippen LogP contribution in [0.1, 0.15) is 37.0 Å². The van der Waals surface area contributed by atoms with Crippen LogP contribution in [0.15, 0.2) is 17.5 Å². The van der Waals surface area contributed by atoms with E-state index in [9.17, 15) is 0 Å². The summed E-state index contributed by atoms with van der Waals surface area (Å²) in [7, 11) is 0. The predicted octanol–water partition coefficient (Wildman–Crippen LogP) is 4.48. The van der Waals surface area contributed by atoms with E-state index in [1.807, 2.05) is 11.3 Å². The summed E-state index contributed by atoms with van der Waals surface area (Å²) in [5.41, 5.74) is 0. The molecule has 1 unspecified atom stereocenters. The number of thiophene rings is 1. The zero-order valence-electron chi connectivity index (χ0n) is 8.42. The first kappa shape index (κ1) is 10.5. The van der Waals surface area contributed by atoms with Gasteiger partial charge in [0.05, 0.1) is 0 Å². The van der Waals surface area contributed by atoms with Crippen molar-refractivity contribution in [1.82, 2.24) is 0 Å². The number of hydrogen-bond acceptors (Lipinski definition) is 1. The molecule has 0 amide bonds. The second kappa shape index (κ2) is 5.18. The molecule has 1 aliphatic carbocycles. The zero-order chi connectivity index (χ0) is 9.80. The molecule has 0 spiro atoms. The van der Waals surface area contributed by atoms with Gasteiger partial charge in [-0.1, -0.05) is 25.3 Å².